The number of benzene rings is 1. The first-order valence-corrected chi connectivity index (χ1v) is 4.05. The maximum Gasteiger partial charge on any atom is 0.213 e. The molecule has 1 aromatic carbocycles. The van der Waals surface area contributed by atoms with Gasteiger partial charge in [0.1, 0.15) is 0 Å². The molecule has 0 amide bonds. The first-order chi connectivity index (χ1) is 6.70. The number of hydrogen-bond acceptors (Lipinski definition) is 4. The quantitative estimate of drug-likeness (QED) is 0.601. The van der Waals surface area contributed by atoms with Crippen LogP contribution in [-0.2, 0) is 9.47 Å². The number of rotatable bonds is 2. The summed E-state index contributed by atoms with van der Waals surface area (Å²) in [4.78, 5) is 0. The van der Waals surface area contributed by atoms with E-state index >= 15 is 0 Å². The first-order valence-electron chi connectivity index (χ1n) is 4.05. The van der Waals surface area contributed by atoms with E-state index in [1.165, 1.54) is 14.2 Å². The fourth-order valence-electron chi connectivity index (χ4n) is 1.10. The average molecular weight is 229 g/mol. The third-order valence-electron chi connectivity index (χ3n) is 1.82. The molecule has 5 heteroatoms. The van der Waals surface area contributed by atoms with Crippen LogP contribution >= 0.6 is 12.4 Å². The van der Waals surface area contributed by atoms with Crippen LogP contribution in [0.3, 0.4) is 0 Å². The summed E-state index contributed by atoms with van der Waals surface area (Å²) in [5.41, 5.74) is 1.11. The predicted octanol–water partition coefficient (Wildman–Crippen LogP) is 2.05. The van der Waals surface area contributed by atoms with Crippen molar-refractivity contribution in [1.82, 2.24) is 0 Å². The molecule has 0 aliphatic heterocycles. The van der Waals surface area contributed by atoms with Gasteiger partial charge in [0.15, 0.2) is 0 Å². The summed E-state index contributed by atoms with van der Waals surface area (Å²) in [5.74, 6) is 0.0600. The molecule has 0 fully saturated rings. The van der Waals surface area contributed by atoms with Crippen molar-refractivity contribution in [3.63, 3.8) is 0 Å². The van der Waals surface area contributed by atoms with Gasteiger partial charge in [-0.05, 0) is 12.1 Å². The Morgan fingerprint density at radius 2 is 1.27 bits per heavy atom. The van der Waals surface area contributed by atoms with Crippen molar-refractivity contribution in [3.05, 3.63) is 35.4 Å². The van der Waals surface area contributed by atoms with Crippen molar-refractivity contribution in [2.45, 2.75) is 0 Å². The Morgan fingerprint density at radius 3 is 1.53 bits per heavy atom. The lowest BCUT2D eigenvalue weighted by atomic mass is 10.1. The summed E-state index contributed by atoms with van der Waals surface area (Å²) in [6.07, 6.45) is 0. The zero-order valence-corrected chi connectivity index (χ0v) is 9.35. The Bertz CT molecular complexity index is 331. The highest BCUT2D eigenvalue weighted by Crippen LogP contribution is 2.10. The van der Waals surface area contributed by atoms with Crippen LogP contribution in [0.15, 0.2) is 24.3 Å². The van der Waals surface area contributed by atoms with Crippen molar-refractivity contribution in [3.8, 4) is 0 Å². The molecule has 0 spiro atoms. The predicted molar refractivity (Wildman–Crippen MR) is 61.4 cm³/mol. The van der Waals surface area contributed by atoms with Crippen LogP contribution in [0.4, 0.5) is 0 Å². The lowest BCUT2D eigenvalue weighted by Crippen LogP contribution is -2.11. The van der Waals surface area contributed by atoms with Gasteiger partial charge in [0.05, 0.1) is 14.2 Å². The second-order valence-corrected chi connectivity index (χ2v) is 2.61. The normalized spacial score (nSPS) is 8.67. The van der Waals surface area contributed by atoms with Gasteiger partial charge in [-0.1, -0.05) is 12.1 Å². The van der Waals surface area contributed by atoms with Crippen molar-refractivity contribution < 1.29 is 9.47 Å². The molecule has 2 N–H and O–H groups in total. The highest BCUT2D eigenvalue weighted by atomic mass is 35.5. The van der Waals surface area contributed by atoms with Crippen molar-refractivity contribution in [1.29, 1.82) is 10.8 Å². The zero-order chi connectivity index (χ0) is 10.6. The minimum Gasteiger partial charge on any atom is -0.481 e. The fourth-order valence-corrected chi connectivity index (χ4v) is 1.10. The van der Waals surface area contributed by atoms with Gasteiger partial charge in [-0.25, -0.2) is 0 Å². The van der Waals surface area contributed by atoms with Crippen molar-refractivity contribution in [2.24, 2.45) is 0 Å². The second-order valence-electron chi connectivity index (χ2n) is 2.61. The third kappa shape index (κ3) is 2.95. The molecule has 15 heavy (non-hydrogen) atoms. The van der Waals surface area contributed by atoms with Gasteiger partial charge in [0.25, 0.3) is 0 Å². The molecule has 0 aliphatic rings. The molecular formula is C10H13ClN2O2. The molecule has 0 aromatic heterocycles. The van der Waals surface area contributed by atoms with E-state index in [1.54, 1.807) is 24.3 Å². The van der Waals surface area contributed by atoms with Gasteiger partial charge < -0.3 is 9.47 Å². The van der Waals surface area contributed by atoms with Crippen LogP contribution in [-0.4, -0.2) is 26.0 Å². The van der Waals surface area contributed by atoms with Gasteiger partial charge in [0.2, 0.25) is 11.8 Å². The molecule has 0 heterocycles. The highest BCUT2D eigenvalue weighted by molar-refractivity contribution is 6.04. The van der Waals surface area contributed by atoms with Crippen LogP contribution < -0.4 is 0 Å². The van der Waals surface area contributed by atoms with Crippen molar-refractivity contribution >= 4 is 24.2 Å². The second kappa shape index (κ2) is 6.03. The van der Waals surface area contributed by atoms with E-state index in [1.807, 2.05) is 0 Å². The smallest absolute Gasteiger partial charge is 0.213 e. The van der Waals surface area contributed by atoms with Crippen LogP contribution in [0.1, 0.15) is 11.1 Å². The van der Waals surface area contributed by atoms with Crippen LogP contribution in [0.25, 0.3) is 0 Å². The van der Waals surface area contributed by atoms with Gasteiger partial charge in [-0.3, -0.25) is 10.8 Å². The molecule has 1 aromatic rings. The molecule has 0 atom stereocenters. The maximum atomic E-state index is 7.51. The fraction of sp³-hybridized carbons (Fsp3) is 0.200. The van der Waals surface area contributed by atoms with Crippen molar-refractivity contribution in [2.75, 3.05) is 14.2 Å². The molecule has 0 unspecified atom stereocenters. The van der Waals surface area contributed by atoms with E-state index < -0.39 is 0 Å². The molecule has 0 saturated carbocycles. The molecule has 0 saturated heterocycles. The summed E-state index contributed by atoms with van der Waals surface area (Å²) < 4.78 is 9.61. The summed E-state index contributed by atoms with van der Waals surface area (Å²) in [5, 5.41) is 15.0. The number of nitrogens with one attached hydrogen (secondary N) is 2. The summed E-state index contributed by atoms with van der Waals surface area (Å²) in [7, 11) is 2.85. The number of halogens is 1. The number of methoxy groups -OCH3 is 2. The van der Waals surface area contributed by atoms with E-state index in [-0.39, 0.29) is 24.2 Å². The Balaban J connectivity index is 0.00000196. The van der Waals surface area contributed by atoms with E-state index in [4.69, 9.17) is 20.3 Å². The Labute approximate surface area is 94.6 Å². The number of hydrogen-bond donors (Lipinski definition) is 2. The van der Waals surface area contributed by atoms with Gasteiger partial charge in [0, 0.05) is 11.1 Å². The molecule has 0 bridgehead atoms. The van der Waals surface area contributed by atoms with E-state index in [9.17, 15) is 0 Å². The first kappa shape index (κ1) is 13.4. The van der Waals surface area contributed by atoms with Gasteiger partial charge in [-0.15, -0.1) is 12.4 Å². The van der Waals surface area contributed by atoms with E-state index in [2.05, 4.69) is 0 Å². The summed E-state index contributed by atoms with van der Waals surface area (Å²) in [6, 6.07) is 7.01. The van der Waals surface area contributed by atoms with Crippen LogP contribution in [0.2, 0.25) is 0 Å². The largest absolute Gasteiger partial charge is 0.481 e. The molecule has 82 valence electrons. The standard InChI is InChI=1S/C10H12N2O2.ClH/c1-13-9(11)7-5-3-4-6-8(7)10(12)14-2;/h3-6,11-12H,1-2H3;1H. The van der Waals surface area contributed by atoms with Crippen LogP contribution in [0.5, 0.6) is 0 Å². The minimum absolute atomic E-state index is 0. The van der Waals surface area contributed by atoms with E-state index in [0.717, 1.165) is 0 Å². The van der Waals surface area contributed by atoms with Gasteiger partial charge in [-0.2, -0.15) is 0 Å². The van der Waals surface area contributed by atoms with E-state index in [0.29, 0.717) is 11.1 Å². The summed E-state index contributed by atoms with van der Waals surface area (Å²) in [6.45, 7) is 0. The molecule has 0 radical (unpaired) electrons. The molecule has 0 aliphatic carbocycles. The maximum absolute atomic E-state index is 7.51. The summed E-state index contributed by atoms with van der Waals surface area (Å²) >= 11 is 0. The Hall–Kier alpha value is -1.55. The Kier molecular flexibility index (Phi) is 5.41. The monoisotopic (exact) mass is 228 g/mol. The third-order valence-corrected chi connectivity index (χ3v) is 1.82. The van der Waals surface area contributed by atoms with Gasteiger partial charge >= 0.3 is 0 Å². The number of ether oxygens (including phenoxy) is 2. The molecule has 1 rings (SSSR count). The lowest BCUT2D eigenvalue weighted by molar-refractivity contribution is 0.395. The minimum atomic E-state index is 0. The zero-order valence-electron chi connectivity index (χ0n) is 8.53. The SMILES string of the molecule is COC(=N)c1ccccc1C(=N)OC.Cl. The topological polar surface area (TPSA) is 66.2 Å². The molecular weight excluding hydrogens is 216 g/mol. The van der Waals surface area contributed by atoms with Crippen LogP contribution in [0, 0.1) is 10.8 Å². The average Bonchev–Trinajstić information content (AvgIpc) is 2.27. The lowest BCUT2D eigenvalue weighted by Gasteiger charge is -2.08. The highest BCUT2D eigenvalue weighted by Gasteiger charge is 2.11. The Morgan fingerprint density at radius 1 is 0.933 bits per heavy atom. The molecule has 4 nitrogen and oxygen atoms in total.